The van der Waals surface area contributed by atoms with Gasteiger partial charge in [0.25, 0.3) is 0 Å². The monoisotopic (exact) mass is 302 g/mol. The van der Waals surface area contributed by atoms with E-state index < -0.39 is 0 Å². The summed E-state index contributed by atoms with van der Waals surface area (Å²) in [5.41, 5.74) is 1.35. The highest BCUT2D eigenvalue weighted by atomic mass is 35.5. The molecule has 18 heavy (non-hydrogen) atoms. The standard InChI is InChI=1S/C12H12Cl2N2OS/c13-7-3-9(14)12-10(4-7)16-11(17-12)5-8-6-18-2-1-15-8/h3-4,8,15H,1-2,5-6H2. The lowest BCUT2D eigenvalue weighted by atomic mass is 10.2. The van der Waals surface area contributed by atoms with E-state index in [0.29, 0.717) is 27.6 Å². The second-order valence-corrected chi connectivity index (χ2v) is 6.27. The number of nitrogens with one attached hydrogen (secondary N) is 1. The number of thioether (sulfide) groups is 1. The van der Waals surface area contributed by atoms with Crippen LogP contribution in [0.3, 0.4) is 0 Å². The fourth-order valence-corrected chi connectivity index (χ4v) is 3.53. The molecule has 0 aliphatic carbocycles. The van der Waals surface area contributed by atoms with Gasteiger partial charge in [-0.1, -0.05) is 23.2 Å². The topological polar surface area (TPSA) is 38.1 Å². The first-order chi connectivity index (χ1) is 8.72. The smallest absolute Gasteiger partial charge is 0.197 e. The van der Waals surface area contributed by atoms with Gasteiger partial charge in [0.05, 0.1) is 5.02 Å². The van der Waals surface area contributed by atoms with E-state index in [0.717, 1.165) is 24.2 Å². The fourth-order valence-electron chi connectivity index (χ4n) is 2.05. The van der Waals surface area contributed by atoms with Crippen LogP contribution in [0, 0.1) is 0 Å². The second-order valence-electron chi connectivity index (χ2n) is 4.27. The van der Waals surface area contributed by atoms with Crippen molar-refractivity contribution in [3.8, 4) is 0 Å². The van der Waals surface area contributed by atoms with Gasteiger partial charge in [-0.15, -0.1) is 0 Å². The Kier molecular flexibility index (Phi) is 3.71. The Balaban J connectivity index is 1.86. The van der Waals surface area contributed by atoms with Crippen LogP contribution in [0.1, 0.15) is 5.89 Å². The lowest BCUT2D eigenvalue weighted by molar-refractivity contribution is 0.469. The molecule has 1 fully saturated rings. The van der Waals surface area contributed by atoms with Crippen LogP contribution in [0.2, 0.25) is 10.0 Å². The van der Waals surface area contributed by atoms with Crippen LogP contribution in [0.4, 0.5) is 0 Å². The molecule has 2 heterocycles. The maximum absolute atomic E-state index is 6.08. The third kappa shape index (κ3) is 2.62. The van der Waals surface area contributed by atoms with E-state index in [1.165, 1.54) is 5.75 Å². The predicted octanol–water partition coefficient (Wildman–Crippen LogP) is 3.38. The van der Waals surface area contributed by atoms with E-state index in [1.54, 1.807) is 12.1 Å². The molecule has 1 aliphatic rings. The zero-order chi connectivity index (χ0) is 12.5. The molecule has 96 valence electrons. The number of halogens is 2. The Bertz CT molecular complexity index is 566. The summed E-state index contributed by atoms with van der Waals surface area (Å²) < 4.78 is 5.71. The first-order valence-electron chi connectivity index (χ1n) is 5.78. The molecule has 1 aromatic carbocycles. The summed E-state index contributed by atoms with van der Waals surface area (Å²) in [4.78, 5) is 4.44. The lowest BCUT2D eigenvalue weighted by Gasteiger charge is -2.21. The van der Waals surface area contributed by atoms with Crippen LogP contribution < -0.4 is 5.32 Å². The predicted molar refractivity (Wildman–Crippen MR) is 76.8 cm³/mol. The minimum Gasteiger partial charge on any atom is -0.439 e. The molecule has 0 radical (unpaired) electrons. The van der Waals surface area contributed by atoms with Crippen molar-refractivity contribution in [1.29, 1.82) is 0 Å². The van der Waals surface area contributed by atoms with Gasteiger partial charge in [-0.25, -0.2) is 4.98 Å². The normalized spacial score (nSPS) is 20.4. The van der Waals surface area contributed by atoms with Crippen LogP contribution in [0.25, 0.3) is 11.1 Å². The largest absolute Gasteiger partial charge is 0.439 e. The quantitative estimate of drug-likeness (QED) is 0.923. The van der Waals surface area contributed by atoms with Gasteiger partial charge in [0.15, 0.2) is 11.5 Å². The average molecular weight is 303 g/mol. The number of oxazole rings is 1. The molecule has 1 aromatic heterocycles. The number of hydrogen-bond acceptors (Lipinski definition) is 4. The van der Waals surface area contributed by atoms with Crippen LogP contribution in [0.15, 0.2) is 16.5 Å². The van der Waals surface area contributed by atoms with Crippen molar-refractivity contribution in [3.05, 3.63) is 28.1 Å². The van der Waals surface area contributed by atoms with E-state index >= 15 is 0 Å². The molecule has 1 unspecified atom stereocenters. The van der Waals surface area contributed by atoms with Crippen molar-refractivity contribution < 1.29 is 4.42 Å². The Labute approximate surface area is 119 Å². The van der Waals surface area contributed by atoms with Crippen molar-refractivity contribution >= 4 is 46.1 Å². The van der Waals surface area contributed by atoms with E-state index in [-0.39, 0.29) is 0 Å². The highest BCUT2D eigenvalue weighted by molar-refractivity contribution is 7.99. The van der Waals surface area contributed by atoms with Gasteiger partial charge >= 0.3 is 0 Å². The van der Waals surface area contributed by atoms with Crippen LogP contribution in [-0.2, 0) is 6.42 Å². The Morgan fingerprint density at radius 1 is 1.44 bits per heavy atom. The lowest BCUT2D eigenvalue weighted by Crippen LogP contribution is -2.38. The Morgan fingerprint density at radius 2 is 2.33 bits per heavy atom. The SMILES string of the molecule is Clc1cc(Cl)c2oc(CC3CSCCN3)nc2c1. The summed E-state index contributed by atoms with van der Waals surface area (Å²) in [6.45, 7) is 1.04. The molecule has 1 saturated heterocycles. The third-order valence-electron chi connectivity index (χ3n) is 2.87. The van der Waals surface area contributed by atoms with Gasteiger partial charge in [-0.3, -0.25) is 0 Å². The molecule has 1 N–H and O–H groups in total. The number of nitrogens with zero attached hydrogens (tertiary/aromatic N) is 1. The first kappa shape index (κ1) is 12.6. The number of hydrogen-bond donors (Lipinski definition) is 1. The average Bonchev–Trinajstić information content (AvgIpc) is 2.73. The van der Waals surface area contributed by atoms with Crippen LogP contribution >= 0.6 is 35.0 Å². The van der Waals surface area contributed by atoms with Crippen LogP contribution in [0.5, 0.6) is 0 Å². The van der Waals surface area contributed by atoms with Gasteiger partial charge in [-0.2, -0.15) is 11.8 Å². The van der Waals surface area contributed by atoms with Crippen LogP contribution in [-0.4, -0.2) is 29.1 Å². The van der Waals surface area contributed by atoms with E-state index in [4.69, 9.17) is 27.6 Å². The molecule has 1 atom stereocenters. The number of rotatable bonds is 2. The minimum atomic E-state index is 0.422. The van der Waals surface area contributed by atoms with Crippen molar-refractivity contribution in [2.75, 3.05) is 18.1 Å². The fraction of sp³-hybridized carbons (Fsp3) is 0.417. The molecule has 0 saturated carbocycles. The highest BCUT2D eigenvalue weighted by Gasteiger charge is 2.17. The number of benzene rings is 1. The zero-order valence-corrected chi connectivity index (χ0v) is 11.9. The maximum Gasteiger partial charge on any atom is 0.197 e. The Morgan fingerprint density at radius 3 is 3.11 bits per heavy atom. The molecular formula is C12H12Cl2N2OS. The zero-order valence-electron chi connectivity index (χ0n) is 9.58. The first-order valence-corrected chi connectivity index (χ1v) is 7.69. The third-order valence-corrected chi connectivity index (χ3v) is 4.50. The summed E-state index contributed by atoms with van der Waals surface area (Å²) in [6.07, 6.45) is 0.787. The summed E-state index contributed by atoms with van der Waals surface area (Å²) in [6, 6.07) is 3.87. The van der Waals surface area contributed by atoms with Gasteiger partial charge in [-0.05, 0) is 12.1 Å². The Hall–Kier alpha value is -0.420. The molecule has 0 amide bonds. The van der Waals surface area contributed by atoms with Gasteiger partial charge in [0.1, 0.15) is 5.52 Å². The van der Waals surface area contributed by atoms with Gasteiger partial charge < -0.3 is 9.73 Å². The van der Waals surface area contributed by atoms with Crippen molar-refractivity contribution in [2.45, 2.75) is 12.5 Å². The van der Waals surface area contributed by atoms with Crippen molar-refractivity contribution in [3.63, 3.8) is 0 Å². The molecule has 0 spiro atoms. The summed E-state index contributed by atoms with van der Waals surface area (Å²) in [5.74, 6) is 2.98. The molecular weight excluding hydrogens is 291 g/mol. The molecule has 3 rings (SSSR count). The molecule has 0 bridgehead atoms. The minimum absolute atomic E-state index is 0.422. The number of aromatic nitrogens is 1. The highest BCUT2D eigenvalue weighted by Crippen LogP contribution is 2.28. The van der Waals surface area contributed by atoms with Crippen molar-refractivity contribution in [1.82, 2.24) is 10.3 Å². The molecule has 1 aliphatic heterocycles. The summed E-state index contributed by atoms with van der Waals surface area (Å²) in [7, 11) is 0. The van der Waals surface area contributed by atoms with Gasteiger partial charge in [0, 0.05) is 35.5 Å². The van der Waals surface area contributed by atoms with E-state index in [2.05, 4.69) is 10.3 Å². The van der Waals surface area contributed by atoms with E-state index in [1.807, 2.05) is 11.8 Å². The van der Waals surface area contributed by atoms with Crippen molar-refractivity contribution in [2.24, 2.45) is 0 Å². The molecule has 3 nitrogen and oxygen atoms in total. The molecule has 2 aromatic rings. The van der Waals surface area contributed by atoms with E-state index in [9.17, 15) is 0 Å². The van der Waals surface area contributed by atoms with Gasteiger partial charge in [0.2, 0.25) is 0 Å². The maximum atomic E-state index is 6.08. The number of fused-ring (bicyclic) bond motifs is 1. The molecule has 6 heteroatoms. The summed E-state index contributed by atoms with van der Waals surface area (Å²) in [5, 5.41) is 4.56. The second kappa shape index (κ2) is 5.29. The summed E-state index contributed by atoms with van der Waals surface area (Å²) >= 11 is 14.0.